The lowest BCUT2D eigenvalue weighted by molar-refractivity contribution is -0.0493. The van der Waals surface area contributed by atoms with Crippen molar-refractivity contribution in [1.29, 1.82) is 0 Å². The predicted octanol–water partition coefficient (Wildman–Crippen LogP) is 1.38. The van der Waals surface area contributed by atoms with Crippen molar-refractivity contribution in [2.75, 3.05) is 24.6 Å². The molecule has 0 aliphatic carbocycles. The maximum absolute atomic E-state index is 12.8. The first-order chi connectivity index (χ1) is 11.6. The topological polar surface area (TPSA) is 82.1 Å². The molecule has 1 fully saturated rings. The summed E-state index contributed by atoms with van der Waals surface area (Å²) in [6, 6.07) is 0. The molecule has 1 unspecified atom stereocenters. The number of hydrogen-bond acceptors (Lipinski definition) is 7. The Hall–Kier alpha value is -2.10. The Morgan fingerprint density at radius 1 is 1.29 bits per heavy atom. The molecule has 8 nitrogen and oxygen atoms in total. The summed E-state index contributed by atoms with van der Waals surface area (Å²) in [6.07, 6.45) is -2.57. The van der Waals surface area contributed by atoms with Gasteiger partial charge in [0.1, 0.15) is 11.9 Å². The van der Waals surface area contributed by atoms with Crippen LogP contribution in [0.15, 0.2) is 4.52 Å². The van der Waals surface area contributed by atoms with Crippen molar-refractivity contribution in [3.05, 3.63) is 17.0 Å². The normalized spacial score (nSPS) is 19.0. The van der Waals surface area contributed by atoms with E-state index in [1.54, 1.807) is 4.68 Å². The number of rotatable bonds is 5. The smallest absolute Gasteiger partial charge is 0.264 e. The van der Waals surface area contributed by atoms with Gasteiger partial charge in [-0.3, -0.25) is 0 Å². The van der Waals surface area contributed by atoms with E-state index in [1.165, 1.54) is 0 Å². The first kappa shape index (κ1) is 16.7. The summed E-state index contributed by atoms with van der Waals surface area (Å²) in [5, 5.41) is 15.7. The second-order valence-electron chi connectivity index (χ2n) is 5.77. The zero-order chi connectivity index (χ0) is 17.1. The molecule has 0 saturated carbocycles. The van der Waals surface area contributed by atoms with Crippen molar-refractivity contribution in [3.63, 3.8) is 0 Å². The van der Waals surface area contributed by atoms with E-state index in [2.05, 4.69) is 20.7 Å². The Balaban J connectivity index is 1.67. The molecule has 132 valence electrons. The minimum Gasteiger partial charge on any atom is -0.370 e. The predicted molar refractivity (Wildman–Crippen MR) is 80.1 cm³/mol. The standard InChI is InChI=1S/C14H20F2N6O2/c1-9-11(10(2)24-18-9)3-6-22-14(17-19-20-22)21-5-4-12(13(15)16)23-8-7-21/h12-13H,3-8H2,1-2H3. The molecule has 1 atom stereocenters. The SMILES string of the molecule is Cc1noc(C)c1CCn1nnnc1N1CCOC(C(F)F)CC1. The molecule has 0 bridgehead atoms. The van der Waals surface area contributed by atoms with Gasteiger partial charge in [0.05, 0.1) is 18.8 Å². The van der Waals surface area contributed by atoms with E-state index in [1.807, 2.05) is 18.7 Å². The van der Waals surface area contributed by atoms with Crippen LogP contribution in [0.1, 0.15) is 23.4 Å². The zero-order valence-corrected chi connectivity index (χ0v) is 13.7. The summed E-state index contributed by atoms with van der Waals surface area (Å²) >= 11 is 0. The number of tetrazole rings is 1. The van der Waals surface area contributed by atoms with E-state index in [9.17, 15) is 8.78 Å². The Labute approximate surface area is 137 Å². The molecule has 0 N–H and O–H groups in total. The van der Waals surface area contributed by atoms with Gasteiger partial charge in [0.2, 0.25) is 5.95 Å². The van der Waals surface area contributed by atoms with E-state index in [4.69, 9.17) is 9.26 Å². The van der Waals surface area contributed by atoms with Crippen LogP contribution in [0.4, 0.5) is 14.7 Å². The molecule has 10 heteroatoms. The Bertz CT molecular complexity index is 655. The fraction of sp³-hybridized carbons (Fsp3) is 0.714. The van der Waals surface area contributed by atoms with Crippen LogP contribution >= 0.6 is 0 Å². The van der Waals surface area contributed by atoms with Crippen molar-refractivity contribution in [3.8, 4) is 0 Å². The summed E-state index contributed by atoms with van der Waals surface area (Å²) in [5.74, 6) is 1.35. The summed E-state index contributed by atoms with van der Waals surface area (Å²) in [5.41, 5.74) is 1.89. The number of alkyl halides is 2. The summed E-state index contributed by atoms with van der Waals surface area (Å²) in [7, 11) is 0. The molecule has 3 rings (SSSR count). The van der Waals surface area contributed by atoms with Crippen LogP contribution in [0, 0.1) is 13.8 Å². The van der Waals surface area contributed by atoms with Gasteiger partial charge in [-0.1, -0.05) is 10.3 Å². The van der Waals surface area contributed by atoms with Crippen LogP contribution in [-0.4, -0.2) is 57.6 Å². The van der Waals surface area contributed by atoms with E-state index in [0.29, 0.717) is 32.0 Å². The van der Waals surface area contributed by atoms with E-state index >= 15 is 0 Å². The molecule has 2 aromatic heterocycles. The first-order valence-corrected chi connectivity index (χ1v) is 7.89. The van der Waals surface area contributed by atoms with E-state index in [0.717, 1.165) is 17.0 Å². The van der Waals surface area contributed by atoms with Crippen molar-refractivity contribution in [2.24, 2.45) is 0 Å². The Morgan fingerprint density at radius 3 is 2.83 bits per heavy atom. The minimum absolute atomic E-state index is 0.228. The number of halogens is 2. The van der Waals surface area contributed by atoms with Gasteiger partial charge in [0.15, 0.2) is 0 Å². The summed E-state index contributed by atoms with van der Waals surface area (Å²) in [6.45, 7) is 5.46. The fourth-order valence-corrected chi connectivity index (χ4v) is 2.84. The zero-order valence-electron chi connectivity index (χ0n) is 13.7. The minimum atomic E-state index is -2.47. The number of aryl methyl sites for hydroxylation is 3. The highest BCUT2D eigenvalue weighted by Gasteiger charge is 2.27. The molecule has 24 heavy (non-hydrogen) atoms. The average molecular weight is 342 g/mol. The molecule has 0 spiro atoms. The molecular weight excluding hydrogens is 322 g/mol. The maximum atomic E-state index is 12.8. The monoisotopic (exact) mass is 342 g/mol. The van der Waals surface area contributed by atoms with Gasteiger partial charge in [-0.2, -0.15) is 0 Å². The van der Waals surface area contributed by atoms with Gasteiger partial charge in [-0.05, 0) is 37.1 Å². The van der Waals surface area contributed by atoms with Gasteiger partial charge >= 0.3 is 0 Å². The summed E-state index contributed by atoms with van der Waals surface area (Å²) in [4.78, 5) is 1.88. The van der Waals surface area contributed by atoms with Gasteiger partial charge in [-0.25, -0.2) is 13.5 Å². The van der Waals surface area contributed by atoms with E-state index < -0.39 is 12.5 Å². The number of anilines is 1. The molecule has 3 heterocycles. The van der Waals surface area contributed by atoms with Crippen molar-refractivity contribution in [2.45, 2.75) is 45.8 Å². The second kappa shape index (κ2) is 7.20. The van der Waals surface area contributed by atoms with Crippen molar-refractivity contribution >= 4 is 5.95 Å². The largest absolute Gasteiger partial charge is 0.370 e. The molecule has 1 aliphatic rings. The molecule has 0 aromatic carbocycles. The van der Waals surface area contributed by atoms with Gasteiger partial charge in [-0.15, -0.1) is 0 Å². The molecule has 0 amide bonds. The quantitative estimate of drug-likeness (QED) is 0.812. The van der Waals surface area contributed by atoms with Crippen molar-refractivity contribution < 1.29 is 18.0 Å². The van der Waals surface area contributed by atoms with Crippen LogP contribution < -0.4 is 4.90 Å². The van der Waals surface area contributed by atoms with Crippen LogP contribution in [0.3, 0.4) is 0 Å². The number of nitrogens with zero attached hydrogens (tertiary/aromatic N) is 6. The third-order valence-electron chi connectivity index (χ3n) is 4.21. The van der Waals surface area contributed by atoms with Crippen molar-refractivity contribution in [1.82, 2.24) is 25.4 Å². The highest BCUT2D eigenvalue weighted by Crippen LogP contribution is 2.19. The van der Waals surface area contributed by atoms with Gasteiger partial charge < -0.3 is 14.2 Å². The second-order valence-corrected chi connectivity index (χ2v) is 5.77. The Morgan fingerprint density at radius 2 is 2.12 bits per heavy atom. The fourth-order valence-electron chi connectivity index (χ4n) is 2.84. The van der Waals surface area contributed by atoms with Crippen LogP contribution in [-0.2, 0) is 17.7 Å². The Kier molecular flexibility index (Phi) is 5.03. The molecular formula is C14H20F2N6O2. The van der Waals surface area contributed by atoms with Crippen LogP contribution in [0.25, 0.3) is 0 Å². The molecule has 1 aliphatic heterocycles. The average Bonchev–Trinajstić information content (AvgIpc) is 3.04. The number of aromatic nitrogens is 5. The van der Waals surface area contributed by atoms with Gasteiger partial charge in [0.25, 0.3) is 6.43 Å². The molecule has 0 radical (unpaired) electrons. The maximum Gasteiger partial charge on any atom is 0.264 e. The third-order valence-corrected chi connectivity index (χ3v) is 4.21. The summed E-state index contributed by atoms with van der Waals surface area (Å²) < 4.78 is 37.6. The number of hydrogen-bond donors (Lipinski definition) is 0. The first-order valence-electron chi connectivity index (χ1n) is 7.89. The highest BCUT2D eigenvalue weighted by atomic mass is 19.3. The lowest BCUT2D eigenvalue weighted by Crippen LogP contribution is -2.30. The number of ether oxygens (including phenoxy) is 1. The molecule has 1 saturated heterocycles. The lowest BCUT2D eigenvalue weighted by Gasteiger charge is -2.20. The lowest BCUT2D eigenvalue weighted by atomic mass is 10.1. The molecule has 2 aromatic rings. The van der Waals surface area contributed by atoms with Gasteiger partial charge in [0, 0.05) is 18.7 Å². The highest BCUT2D eigenvalue weighted by molar-refractivity contribution is 5.28. The third kappa shape index (κ3) is 3.53. The van der Waals surface area contributed by atoms with E-state index in [-0.39, 0.29) is 13.0 Å². The van der Waals surface area contributed by atoms with Crippen LogP contribution in [0.5, 0.6) is 0 Å². The van der Waals surface area contributed by atoms with Crippen LogP contribution in [0.2, 0.25) is 0 Å².